The van der Waals surface area contributed by atoms with Crippen LogP contribution in [0.25, 0.3) is 22.9 Å². The number of nitrogens with zero attached hydrogens (tertiary/aromatic N) is 5. The largest absolute Gasteiger partial charge is 0.453 e. The normalized spacial score (nSPS) is 17.5. The Morgan fingerprint density at radius 3 is 2.44 bits per heavy atom. The van der Waals surface area contributed by atoms with Gasteiger partial charge in [0.25, 0.3) is 5.91 Å². The molecule has 1 saturated heterocycles. The van der Waals surface area contributed by atoms with Crippen LogP contribution in [-0.2, 0) is 10.9 Å². The number of hydrogen-bond acceptors (Lipinski definition) is 7. The topological polar surface area (TPSA) is 128 Å². The minimum Gasteiger partial charge on any atom is -0.453 e. The summed E-state index contributed by atoms with van der Waals surface area (Å²) in [6, 6.07) is 5.62. The van der Waals surface area contributed by atoms with Crippen LogP contribution in [0.3, 0.4) is 0 Å². The Labute approximate surface area is 251 Å². The summed E-state index contributed by atoms with van der Waals surface area (Å²) in [4.78, 5) is 38.0. The van der Waals surface area contributed by atoms with Crippen LogP contribution >= 0.6 is 0 Å². The number of amides is 2. The minimum atomic E-state index is -4.60. The quantitative estimate of drug-likeness (QED) is 0.256. The summed E-state index contributed by atoms with van der Waals surface area (Å²) in [5.74, 6) is -0.847. The molecule has 236 valence electrons. The highest BCUT2D eigenvalue weighted by molar-refractivity contribution is 6.04. The lowest BCUT2D eigenvalue weighted by atomic mass is 9.92. The first-order valence-electron chi connectivity index (χ1n) is 13.4. The first-order chi connectivity index (χ1) is 21.3. The summed E-state index contributed by atoms with van der Waals surface area (Å²) in [5, 5.41) is 2.34. The molecule has 45 heavy (non-hydrogen) atoms. The van der Waals surface area contributed by atoms with Crippen molar-refractivity contribution in [3.8, 4) is 11.3 Å². The fourth-order valence-electron chi connectivity index (χ4n) is 5.09. The van der Waals surface area contributed by atoms with E-state index in [1.165, 1.54) is 18.3 Å². The molecule has 0 bridgehead atoms. The molecule has 0 spiro atoms. The molecule has 10 nitrogen and oxygen atoms in total. The standard InChI is InChI=1S/C29H25F6N7O3/c1-45-27(44)42-15-16(2-8-20(42)29(33,34)35)3-9-22-40-23(24-25(36)38-12-13-41(22)24)17-4-6-18(7-5-17)26(43)39-21-14-19(10-11-37-21)28(30,31)32/h3-7,9-14,16,20H,2,8,15H2,1H3,(H2,36,38)(H,37,39,43). The van der Waals surface area contributed by atoms with E-state index in [1.54, 1.807) is 34.9 Å². The molecule has 2 atom stereocenters. The van der Waals surface area contributed by atoms with Gasteiger partial charge >= 0.3 is 18.4 Å². The number of methoxy groups -OCH3 is 1. The number of likely N-dealkylation sites (tertiary alicyclic amines) is 1. The van der Waals surface area contributed by atoms with Crippen molar-refractivity contribution in [1.29, 1.82) is 0 Å². The Hall–Kier alpha value is -5.15. The number of halogens is 6. The molecule has 3 N–H and O–H groups in total. The maximum Gasteiger partial charge on any atom is 0.416 e. The number of nitrogens with two attached hydrogens (primary N) is 1. The number of ether oxygens (including phenoxy) is 1. The van der Waals surface area contributed by atoms with Crippen LogP contribution in [0, 0.1) is 5.92 Å². The van der Waals surface area contributed by atoms with E-state index in [1.807, 2.05) is 0 Å². The summed E-state index contributed by atoms with van der Waals surface area (Å²) < 4.78 is 85.8. The zero-order valence-corrected chi connectivity index (χ0v) is 23.4. The predicted molar refractivity (Wildman–Crippen MR) is 151 cm³/mol. The number of benzene rings is 1. The summed E-state index contributed by atoms with van der Waals surface area (Å²) in [7, 11) is 1.03. The van der Waals surface area contributed by atoms with Crippen molar-refractivity contribution in [2.24, 2.45) is 5.92 Å². The van der Waals surface area contributed by atoms with Crippen molar-refractivity contribution in [2.45, 2.75) is 31.2 Å². The summed E-state index contributed by atoms with van der Waals surface area (Å²) in [6.45, 7) is -0.202. The van der Waals surface area contributed by atoms with Gasteiger partial charge in [-0.05, 0) is 49.1 Å². The molecule has 1 fully saturated rings. The van der Waals surface area contributed by atoms with Gasteiger partial charge in [-0.3, -0.25) is 14.1 Å². The van der Waals surface area contributed by atoms with E-state index >= 15 is 0 Å². The van der Waals surface area contributed by atoms with Gasteiger partial charge in [0.15, 0.2) is 0 Å². The summed E-state index contributed by atoms with van der Waals surface area (Å²) >= 11 is 0. The van der Waals surface area contributed by atoms with Gasteiger partial charge in [-0.15, -0.1) is 0 Å². The van der Waals surface area contributed by atoms with Crippen LogP contribution in [0.1, 0.15) is 34.6 Å². The number of aromatic nitrogens is 4. The van der Waals surface area contributed by atoms with Gasteiger partial charge in [-0.25, -0.2) is 19.7 Å². The van der Waals surface area contributed by atoms with Crippen molar-refractivity contribution in [1.82, 2.24) is 24.3 Å². The number of nitrogen functional groups attached to an aromatic ring is 1. The molecule has 16 heteroatoms. The van der Waals surface area contributed by atoms with Gasteiger partial charge in [-0.2, -0.15) is 26.3 Å². The Kier molecular flexibility index (Phi) is 8.40. The highest BCUT2D eigenvalue weighted by atomic mass is 19.4. The molecule has 4 aromatic rings. The third-order valence-corrected chi connectivity index (χ3v) is 7.28. The number of carbonyl (C=O) groups excluding carboxylic acids is 2. The maximum absolute atomic E-state index is 13.5. The van der Waals surface area contributed by atoms with Crippen LogP contribution in [0.5, 0.6) is 0 Å². The van der Waals surface area contributed by atoms with E-state index < -0.39 is 41.9 Å². The number of nitrogens with one attached hydrogen (secondary N) is 1. The number of anilines is 2. The van der Waals surface area contributed by atoms with E-state index in [4.69, 9.17) is 5.73 Å². The van der Waals surface area contributed by atoms with Gasteiger partial charge in [-0.1, -0.05) is 18.2 Å². The fraction of sp³-hybridized carbons (Fsp3) is 0.276. The van der Waals surface area contributed by atoms with E-state index in [0.717, 1.165) is 25.4 Å². The number of hydrogen-bond donors (Lipinski definition) is 2. The number of piperidine rings is 1. The zero-order chi connectivity index (χ0) is 32.5. The number of pyridine rings is 1. The SMILES string of the molecule is COC(=O)N1CC(C=Cc2nc(-c3ccc(C(=O)Nc4cc(C(F)(F)F)ccn4)cc3)c3c(N)nccn23)CCC1C(F)(F)F. The Balaban J connectivity index is 1.38. The second-order valence-corrected chi connectivity index (χ2v) is 10.2. The molecule has 1 aliphatic heterocycles. The smallest absolute Gasteiger partial charge is 0.416 e. The lowest BCUT2D eigenvalue weighted by Gasteiger charge is -2.38. The molecule has 0 radical (unpaired) electrons. The Bertz CT molecular complexity index is 1750. The zero-order valence-electron chi connectivity index (χ0n) is 23.4. The predicted octanol–water partition coefficient (Wildman–Crippen LogP) is 6.07. The fourth-order valence-corrected chi connectivity index (χ4v) is 5.09. The molecular weight excluding hydrogens is 608 g/mol. The van der Waals surface area contributed by atoms with E-state index in [2.05, 4.69) is 25.0 Å². The van der Waals surface area contributed by atoms with Crippen molar-refractivity contribution in [2.75, 3.05) is 24.7 Å². The monoisotopic (exact) mass is 633 g/mol. The maximum atomic E-state index is 13.5. The molecule has 3 aromatic heterocycles. The molecule has 4 heterocycles. The number of rotatable bonds is 5. The minimum absolute atomic E-state index is 0.136. The van der Waals surface area contributed by atoms with Gasteiger partial charge in [0, 0.05) is 36.3 Å². The summed E-state index contributed by atoms with van der Waals surface area (Å²) in [5.41, 5.74) is 6.70. The molecule has 0 aliphatic carbocycles. The average Bonchev–Trinajstić information content (AvgIpc) is 3.38. The van der Waals surface area contributed by atoms with Crippen molar-refractivity contribution >= 4 is 35.2 Å². The van der Waals surface area contributed by atoms with E-state index in [-0.39, 0.29) is 36.6 Å². The van der Waals surface area contributed by atoms with Crippen molar-refractivity contribution < 1.29 is 40.7 Å². The average molecular weight is 634 g/mol. The lowest BCUT2D eigenvalue weighted by Crippen LogP contribution is -2.53. The Morgan fingerprint density at radius 1 is 1.04 bits per heavy atom. The highest BCUT2D eigenvalue weighted by Crippen LogP contribution is 2.35. The van der Waals surface area contributed by atoms with Gasteiger partial charge < -0.3 is 15.8 Å². The number of carbonyl (C=O) groups is 2. The van der Waals surface area contributed by atoms with Gasteiger partial charge in [0.2, 0.25) is 0 Å². The number of fused-ring (bicyclic) bond motifs is 1. The van der Waals surface area contributed by atoms with Crippen LogP contribution in [-0.4, -0.2) is 62.1 Å². The molecule has 1 aliphatic rings. The lowest BCUT2D eigenvalue weighted by molar-refractivity contribution is -0.187. The molecule has 2 amide bonds. The highest BCUT2D eigenvalue weighted by Gasteiger charge is 2.48. The second-order valence-electron chi connectivity index (χ2n) is 10.2. The molecular formula is C29H25F6N7O3. The van der Waals surface area contributed by atoms with Crippen LogP contribution in [0.15, 0.2) is 61.1 Å². The second kappa shape index (κ2) is 12.1. The van der Waals surface area contributed by atoms with Gasteiger partial charge in [0.1, 0.15) is 34.7 Å². The molecule has 5 rings (SSSR count). The van der Waals surface area contributed by atoms with Crippen LogP contribution < -0.4 is 11.1 Å². The Morgan fingerprint density at radius 2 is 1.78 bits per heavy atom. The van der Waals surface area contributed by atoms with Crippen LogP contribution in [0.4, 0.5) is 42.8 Å². The number of imidazole rings is 1. The first kappa shape index (κ1) is 31.3. The number of alkyl halides is 6. The summed E-state index contributed by atoms with van der Waals surface area (Å²) in [6.07, 6.45) is -3.08. The van der Waals surface area contributed by atoms with Gasteiger partial charge in [0.05, 0.1) is 12.7 Å². The van der Waals surface area contributed by atoms with Crippen molar-refractivity contribution in [3.63, 3.8) is 0 Å². The molecule has 2 unspecified atom stereocenters. The van der Waals surface area contributed by atoms with Crippen LogP contribution in [0.2, 0.25) is 0 Å². The van der Waals surface area contributed by atoms with E-state index in [0.29, 0.717) is 27.5 Å². The van der Waals surface area contributed by atoms with Crippen molar-refractivity contribution in [3.05, 3.63) is 78.0 Å². The first-order valence-corrected chi connectivity index (χ1v) is 13.4. The molecule has 0 saturated carbocycles. The molecule has 1 aromatic carbocycles. The van der Waals surface area contributed by atoms with E-state index in [9.17, 15) is 35.9 Å². The third-order valence-electron chi connectivity index (χ3n) is 7.28. The third kappa shape index (κ3) is 6.68.